The number of hydrogen-bond donors (Lipinski definition) is 3. The van der Waals surface area contributed by atoms with Gasteiger partial charge in [-0.05, 0) is 41.8 Å². The fourth-order valence-electron chi connectivity index (χ4n) is 2.95. The molecule has 0 saturated carbocycles. The molecule has 0 spiro atoms. The highest BCUT2D eigenvalue weighted by Gasteiger charge is 2.32. The first-order valence-corrected chi connectivity index (χ1v) is 10.9. The van der Waals surface area contributed by atoms with E-state index in [2.05, 4.69) is 37.5 Å². The van der Waals surface area contributed by atoms with Crippen LogP contribution < -0.4 is 16.0 Å². The molecule has 178 valence electrons. The highest BCUT2D eigenvalue weighted by Crippen LogP contribution is 2.33. The number of nitrogens with zero attached hydrogens (tertiary/aromatic N) is 3. The van der Waals surface area contributed by atoms with Crippen LogP contribution in [-0.4, -0.2) is 20.9 Å². The molecule has 4 rings (SSSR count). The number of rotatable bonds is 7. The molecule has 3 aromatic heterocycles. The van der Waals surface area contributed by atoms with Crippen LogP contribution in [-0.2, 0) is 11.0 Å². The van der Waals surface area contributed by atoms with Gasteiger partial charge in [0.1, 0.15) is 17.3 Å². The molecule has 0 aliphatic rings. The predicted octanol–water partition coefficient (Wildman–Crippen LogP) is 6.37. The Hall–Kier alpha value is -4.32. The Morgan fingerprint density at radius 3 is 2.51 bits per heavy atom. The molecular weight excluding hydrogens is 484 g/mol. The zero-order valence-corrected chi connectivity index (χ0v) is 18.5. The molecule has 3 N–H and O–H groups in total. The van der Waals surface area contributed by atoms with Crippen LogP contribution >= 0.6 is 11.3 Å². The second kappa shape index (κ2) is 9.89. The Labute approximate surface area is 200 Å². The van der Waals surface area contributed by atoms with Crippen LogP contribution in [0.4, 0.5) is 46.4 Å². The topological polar surface area (TPSA) is 91.8 Å². The molecule has 35 heavy (non-hydrogen) atoms. The summed E-state index contributed by atoms with van der Waals surface area (Å²) in [5.74, 6) is -0.858. The van der Waals surface area contributed by atoms with E-state index >= 15 is 0 Å². The van der Waals surface area contributed by atoms with Crippen molar-refractivity contribution in [3.8, 4) is 11.1 Å². The van der Waals surface area contributed by atoms with E-state index in [0.717, 1.165) is 30.1 Å². The predicted molar refractivity (Wildman–Crippen MR) is 126 cm³/mol. The molecule has 1 amide bonds. The maximum absolute atomic E-state index is 14.6. The van der Waals surface area contributed by atoms with Crippen molar-refractivity contribution in [3.63, 3.8) is 0 Å². The van der Waals surface area contributed by atoms with Crippen molar-refractivity contribution in [2.45, 2.75) is 6.18 Å². The van der Waals surface area contributed by atoms with Crippen LogP contribution in [0.3, 0.4) is 0 Å². The fraction of sp³-hybridized carbons (Fsp3) is 0.0435. The van der Waals surface area contributed by atoms with Gasteiger partial charge < -0.3 is 16.0 Å². The SMILES string of the molecule is C=CC(=O)Nc1ccc(F)c(Nc2nc(Nc3ccsc3)ncc2-c2ccc(C(F)(F)F)nc2)c1. The summed E-state index contributed by atoms with van der Waals surface area (Å²) in [5, 5.41) is 12.1. The highest BCUT2D eigenvalue weighted by molar-refractivity contribution is 7.08. The minimum atomic E-state index is -4.59. The van der Waals surface area contributed by atoms with E-state index in [1.54, 1.807) is 6.07 Å². The number of anilines is 5. The van der Waals surface area contributed by atoms with Gasteiger partial charge >= 0.3 is 6.18 Å². The molecule has 0 aliphatic heterocycles. The van der Waals surface area contributed by atoms with E-state index in [4.69, 9.17) is 0 Å². The Bertz CT molecular complexity index is 1360. The Kier molecular flexibility index (Phi) is 6.73. The summed E-state index contributed by atoms with van der Waals surface area (Å²) in [7, 11) is 0. The minimum Gasteiger partial charge on any atom is -0.337 e. The molecule has 4 aromatic rings. The molecule has 0 aliphatic carbocycles. The lowest BCUT2D eigenvalue weighted by Gasteiger charge is -2.15. The second-order valence-electron chi connectivity index (χ2n) is 7.04. The van der Waals surface area contributed by atoms with Gasteiger partial charge in [0.15, 0.2) is 0 Å². The summed E-state index contributed by atoms with van der Waals surface area (Å²) < 4.78 is 53.4. The normalized spacial score (nSPS) is 11.1. The van der Waals surface area contributed by atoms with Crippen LogP contribution in [0.25, 0.3) is 11.1 Å². The quantitative estimate of drug-likeness (QED) is 0.202. The van der Waals surface area contributed by atoms with Crippen LogP contribution in [0.5, 0.6) is 0 Å². The van der Waals surface area contributed by atoms with Gasteiger partial charge in [-0.25, -0.2) is 9.37 Å². The maximum atomic E-state index is 14.6. The van der Waals surface area contributed by atoms with Crippen molar-refractivity contribution in [1.29, 1.82) is 0 Å². The molecule has 3 heterocycles. The lowest BCUT2D eigenvalue weighted by molar-refractivity contribution is -0.141. The van der Waals surface area contributed by atoms with E-state index in [1.165, 1.54) is 35.7 Å². The Balaban J connectivity index is 1.73. The number of halogens is 4. The number of pyridine rings is 1. The van der Waals surface area contributed by atoms with E-state index in [-0.39, 0.29) is 28.6 Å². The first kappa shape index (κ1) is 23.8. The number of aromatic nitrogens is 3. The number of hydrogen-bond acceptors (Lipinski definition) is 7. The largest absolute Gasteiger partial charge is 0.433 e. The standard InChI is InChI=1S/C23H16F4N6OS/c1-2-20(34)30-14-4-5-17(24)18(9-14)32-21-16(13-3-6-19(28-10-13)23(25,26)27)11-29-22(33-21)31-15-7-8-35-12-15/h2-12H,1H2,(H,30,34)(H2,29,31,32,33). The number of nitrogens with one attached hydrogen (secondary N) is 3. The van der Waals surface area contributed by atoms with Crippen LogP contribution in [0.2, 0.25) is 0 Å². The van der Waals surface area contributed by atoms with Crippen LogP contribution in [0.1, 0.15) is 5.69 Å². The minimum absolute atomic E-state index is 0.0341. The summed E-state index contributed by atoms with van der Waals surface area (Å²) >= 11 is 1.45. The number of amides is 1. The van der Waals surface area contributed by atoms with Crippen molar-refractivity contribution in [2.75, 3.05) is 16.0 Å². The summed E-state index contributed by atoms with van der Waals surface area (Å²) in [6, 6.07) is 7.73. The maximum Gasteiger partial charge on any atom is 0.433 e. The summed E-state index contributed by atoms with van der Waals surface area (Å²) in [4.78, 5) is 23.7. The van der Waals surface area contributed by atoms with E-state index in [1.807, 2.05) is 10.8 Å². The molecule has 0 radical (unpaired) electrons. The van der Waals surface area contributed by atoms with Crippen molar-refractivity contribution in [1.82, 2.24) is 15.0 Å². The van der Waals surface area contributed by atoms with E-state index < -0.39 is 23.6 Å². The van der Waals surface area contributed by atoms with Gasteiger partial charge in [0, 0.05) is 34.6 Å². The van der Waals surface area contributed by atoms with Crippen molar-refractivity contribution in [2.24, 2.45) is 0 Å². The molecule has 0 bridgehead atoms. The Morgan fingerprint density at radius 2 is 1.86 bits per heavy atom. The van der Waals surface area contributed by atoms with E-state index in [9.17, 15) is 22.4 Å². The monoisotopic (exact) mass is 500 g/mol. The van der Waals surface area contributed by atoms with Gasteiger partial charge in [0.05, 0.1) is 11.4 Å². The van der Waals surface area contributed by atoms with Crippen LogP contribution in [0, 0.1) is 5.82 Å². The molecule has 0 unspecified atom stereocenters. The van der Waals surface area contributed by atoms with Gasteiger partial charge in [0.2, 0.25) is 11.9 Å². The Morgan fingerprint density at radius 1 is 1.03 bits per heavy atom. The van der Waals surface area contributed by atoms with Gasteiger partial charge in [0.25, 0.3) is 0 Å². The lowest BCUT2D eigenvalue weighted by Crippen LogP contribution is -2.09. The fourth-order valence-corrected chi connectivity index (χ4v) is 3.54. The van der Waals surface area contributed by atoms with Crippen molar-refractivity contribution >= 4 is 46.1 Å². The molecule has 0 atom stereocenters. The molecule has 0 saturated heterocycles. The number of alkyl halides is 3. The molecular formula is C23H16F4N6OS. The first-order valence-electron chi connectivity index (χ1n) is 9.93. The van der Waals surface area contributed by atoms with E-state index in [0.29, 0.717) is 5.69 Å². The number of thiophene rings is 1. The summed E-state index contributed by atoms with van der Waals surface area (Å²) in [5.41, 5.74) is 0.492. The van der Waals surface area contributed by atoms with Crippen LogP contribution in [0.15, 0.2) is 72.2 Å². The summed E-state index contributed by atoms with van der Waals surface area (Å²) in [6.07, 6.45) is -1.10. The smallest absolute Gasteiger partial charge is 0.337 e. The third-order valence-electron chi connectivity index (χ3n) is 4.60. The van der Waals surface area contributed by atoms with Crippen molar-refractivity contribution in [3.05, 3.63) is 83.7 Å². The molecule has 7 nitrogen and oxygen atoms in total. The van der Waals surface area contributed by atoms with Gasteiger partial charge in [-0.2, -0.15) is 29.5 Å². The third-order valence-corrected chi connectivity index (χ3v) is 5.29. The summed E-state index contributed by atoms with van der Waals surface area (Å²) in [6.45, 7) is 3.37. The number of carbonyl (C=O) groups excluding carboxylic acids is 1. The average molecular weight is 500 g/mol. The number of carbonyl (C=O) groups is 1. The first-order chi connectivity index (χ1) is 16.7. The lowest BCUT2D eigenvalue weighted by atomic mass is 10.1. The third kappa shape index (κ3) is 5.79. The zero-order valence-electron chi connectivity index (χ0n) is 17.7. The molecule has 0 fully saturated rings. The average Bonchev–Trinajstić information content (AvgIpc) is 3.34. The van der Waals surface area contributed by atoms with Gasteiger partial charge in [-0.15, -0.1) is 0 Å². The van der Waals surface area contributed by atoms with Gasteiger partial charge in [-0.1, -0.05) is 12.6 Å². The van der Waals surface area contributed by atoms with Crippen molar-refractivity contribution < 1.29 is 22.4 Å². The van der Waals surface area contributed by atoms with Gasteiger partial charge in [-0.3, -0.25) is 9.78 Å². The highest BCUT2D eigenvalue weighted by atomic mass is 32.1. The number of benzene rings is 1. The zero-order chi connectivity index (χ0) is 25.0. The molecule has 12 heteroatoms. The second-order valence-corrected chi connectivity index (χ2v) is 7.82. The molecule has 1 aromatic carbocycles.